The maximum atomic E-state index is 14.6. The molecular formula is C33H21N7O14S5. The molecule has 0 aliphatic heterocycles. The summed E-state index contributed by atoms with van der Waals surface area (Å²) in [6.07, 6.45) is 0. The van der Waals surface area contributed by atoms with Gasteiger partial charge < -0.3 is 5.11 Å². The molecule has 5 aromatic carbocycles. The monoisotopic (exact) mass is 899 g/mol. The van der Waals surface area contributed by atoms with Crippen molar-refractivity contribution < 1.29 is 49.9 Å². The van der Waals surface area contributed by atoms with Crippen molar-refractivity contribution in [2.45, 2.75) is 14.7 Å². The van der Waals surface area contributed by atoms with Crippen LogP contribution in [0.25, 0.3) is 10.2 Å². The summed E-state index contributed by atoms with van der Waals surface area (Å²) < 4.78 is 87.8. The van der Waals surface area contributed by atoms with Crippen LogP contribution in [0.2, 0.25) is 0 Å². The van der Waals surface area contributed by atoms with E-state index in [2.05, 4.69) is 9.71 Å². The molecule has 0 saturated heterocycles. The third-order valence-electron chi connectivity index (χ3n) is 8.03. The quantitative estimate of drug-likeness (QED) is 0.0775. The van der Waals surface area contributed by atoms with Gasteiger partial charge in [-0.25, -0.2) is 39.3 Å². The summed E-state index contributed by atoms with van der Waals surface area (Å²) >= 11 is 6.20. The van der Waals surface area contributed by atoms with Crippen LogP contribution in [0.3, 0.4) is 0 Å². The fourth-order valence-electron chi connectivity index (χ4n) is 5.17. The number of nitro groups is 3. The maximum absolute atomic E-state index is 14.6. The van der Waals surface area contributed by atoms with Gasteiger partial charge in [0.05, 0.1) is 50.9 Å². The Morgan fingerprint density at radius 2 is 1.10 bits per heavy atom. The van der Waals surface area contributed by atoms with E-state index in [4.69, 9.17) is 17.3 Å². The van der Waals surface area contributed by atoms with Crippen molar-refractivity contribution in [1.29, 1.82) is 0 Å². The summed E-state index contributed by atoms with van der Waals surface area (Å²) in [5.74, 6) is -1.26. The van der Waals surface area contributed by atoms with Gasteiger partial charge in [-0.05, 0) is 91.1 Å². The normalized spacial score (nSPS) is 11.7. The maximum Gasteiger partial charge on any atom is 0.335 e. The fraction of sp³-hybridized carbons (Fsp3) is 0. The van der Waals surface area contributed by atoms with Crippen LogP contribution in [0.5, 0.6) is 0 Å². The molecule has 0 aliphatic carbocycles. The van der Waals surface area contributed by atoms with E-state index in [-0.39, 0.29) is 21.5 Å². The number of nitro benzene ring substituents is 3. The number of carbonyl (C=O) groups is 1. The number of carboxylic acids is 1. The van der Waals surface area contributed by atoms with Crippen LogP contribution < -0.4 is 13.3 Å². The highest BCUT2D eigenvalue weighted by Crippen LogP contribution is 2.38. The van der Waals surface area contributed by atoms with Crippen molar-refractivity contribution >= 4 is 108 Å². The number of aromatic carboxylic acids is 1. The Bertz CT molecular complexity index is 3040. The first-order valence-electron chi connectivity index (χ1n) is 15.9. The molecule has 0 amide bonds. The molecule has 0 saturated carbocycles. The van der Waals surface area contributed by atoms with E-state index < -0.39 is 98.5 Å². The lowest BCUT2D eigenvalue weighted by Gasteiger charge is -2.31. The number of rotatable bonds is 13. The highest BCUT2D eigenvalue weighted by atomic mass is 32.2. The Morgan fingerprint density at radius 1 is 0.644 bits per heavy atom. The van der Waals surface area contributed by atoms with Gasteiger partial charge in [-0.3, -0.25) is 35.1 Å². The van der Waals surface area contributed by atoms with E-state index in [1.165, 1.54) is 18.2 Å². The Hall–Kier alpha value is -7.00. The number of anilines is 3. The van der Waals surface area contributed by atoms with Crippen molar-refractivity contribution in [2.24, 2.45) is 0 Å². The number of non-ortho nitro benzene ring substituents is 3. The number of aromatic nitrogens is 1. The molecule has 0 bridgehead atoms. The van der Waals surface area contributed by atoms with E-state index in [0.717, 1.165) is 97.1 Å². The highest BCUT2D eigenvalue weighted by Gasteiger charge is 2.40. The molecule has 26 heteroatoms. The topological polar surface area (TPSA) is 301 Å². The number of nitrogens with one attached hydrogen (secondary N) is 1. The van der Waals surface area contributed by atoms with Crippen LogP contribution in [-0.4, -0.2) is 61.2 Å². The standard InChI is InChI=1S/C33H21N7O14S5/c41-31(42)20-1-3-21(4-2-20)35-57(49,50)26-12-5-22(6-13-26)36(58(51,52)27-14-7-23(8-15-27)38(43)44)33(55)37(59(53,54)28-16-9-24(10-17-28)39(45)46)32-34-29-18-11-25(40(47)48)19-30(29)56-32/h1-19,35H,(H,41,42). The minimum Gasteiger partial charge on any atom is -0.478 e. The lowest BCUT2D eigenvalue weighted by atomic mass is 10.2. The second-order valence-electron chi connectivity index (χ2n) is 11.7. The van der Waals surface area contributed by atoms with E-state index in [9.17, 15) is 60.4 Å². The van der Waals surface area contributed by atoms with Crippen molar-refractivity contribution in [3.05, 3.63) is 151 Å². The number of benzene rings is 5. The molecule has 2 N–H and O–H groups in total. The van der Waals surface area contributed by atoms with Crippen molar-refractivity contribution in [1.82, 2.24) is 4.98 Å². The smallest absolute Gasteiger partial charge is 0.335 e. The fourth-order valence-corrected chi connectivity index (χ4v) is 11.0. The predicted molar refractivity (Wildman–Crippen MR) is 215 cm³/mol. The van der Waals surface area contributed by atoms with Crippen LogP contribution in [0.1, 0.15) is 10.4 Å². The number of fused-ring (bicyclic) bond motifs is 1. The molecule has 6 aromatic rings. The third-order valence-corrected chi connectivity index (χ3v) is 14.6. The Labute approximate surface area is 341 Å². The lowest BCUT2D eigenvalue weighted by molar-refractivity contribution is -0.385. The van der Waals surface area contributed by atoms with Gasteiger partial charge in [0.2, 0.25) is 10.2 Å². The first-order chi connectivity index (χ1) is 27.7. The molecule has 0 unspecified atom stereocenters. The van der Waals surface area contributed by atoms with Crippen LogP contribution in [-0.2, 0) is 30.1 Å². The Balaban J connectivity index is 1.52. The largest absolute Gasteiger partial charge is 0.478 e. The number of hydrogen-bond donors (Lipinski definition) is 2. The van der Waals surface area contributed by atoms with Gasteiger partial charge in [0.25, 0.3) is 47.1 Å². The summed E-state index contributed by atoms with van der Waals surface area (Å²) in [6.45, 7) is 0. The molecule has 0 aliphatic rings. The van der Waals surface area contributed by atoms with E-state index in [0.29, 0.717) is 19.9 Å². The molecule has 0 atom stereocenters. The Kier molecular flexibility index (Phi) is 11.1. The molecule has 0 fully saturated rings. The Morgan fingerprint density at radius 3 is 1.58 bits per heavy atom. The molecular weight excluding hydrogens is 879 g/mol. The molecule has 21 nitrogen and oxygen atoms in total. The second-order valence-corrected chi connectivity index (χ2v) is 18.3. The predicted octanol–water partition coefficient (Wildman–Crippen LogP) is 5.90. The van der Waals surface area contributed by atoms with Gasteiger partial charge in [-0.2, -0.15) is 4.31 Å². The van der Waals surface area contributed by atoms with Gasteiger partial charge in [-0.1, -0.05) is 11.3 Å². The van der Waals surface area contributed by atoms with E-state index in [1.54, 1.807) is 0 Å². The average Bonchev–Trinajstić information content (AvgIpc) is 3.60. The highest BCUT2D eigenvalue weighted by molar-refractivity contribution is 7.98. The number of hydrogen-bond acceptors (Lipinski definition) is 16. The summed E-state index contributed by atoms with van der Waals surface area (Å²) in [5, 5.41) is 41.8. The molecule has 302 valence electrons. The van der Waals surface area contributed by atoms with Gasteiger partial charge in [0.15, 0.2) is 0 Å². The van der Waals surface area contributed by atoms with Crippen molar-refractivity contribution in [3.63, 3.8) is 0 Å². The zero-order chi connectivity index (χ0) is 43.0. The van der Waals surface area contributed by atoms with Crippen LogP contribution in [0.4, 0.5) is 33.6 Å². The average molecular weight is 900 g/mol. The van der Waals surface area contributed by atoms with Gasteiger partial charge in [0.1, 0.15) is 0 Å². The summed E-state index contributed by atoms with van der Waals surface area (Å²) in [7, 11) is -14.7. The van der Waals surface area contributed by atoms with Crippen molar-refractivity contribution in [2.75, 3.05) is 13.3 Å². The number of carboxylic acid groups (broad SMARTS) is 1. The van der Waals surface area contributed by atoms with E-state index in [1.807, 2.05) is 0 Å². The third kappa shape index (κ3) is 8.36. The number of thiocarbonyl (C=S) groups is 1. The van der Waals surface area contributed by atoms with Crippen LogP contribution in [0, 0.1) is 30.3 Å². The number of nitrogens with zero attached hydrogens (tertiary/aromatic N) is 6. The molecule has 1 aromatic heterocycles. The molecule has 59 heavy (non-hydrogen) atoms. The molecule has 6 rings (SSSR count). The second kappa shape index (κ2) is 15.7. The number of thiazole rings is 1. The minimum absolute atomic E-state index is 0.0201. The minimum atomic E-state index is -5.12. The summed E-state index contributed by atoms with van der Waals surface area (Å²) in [4.78, 5) is 45.6. The van der Waals surface area contributed by atoms with Crippen LogP contribution >= 0.6 is 23.6 Å². The van der Waals surface area contributed by atoms with E-state index >= 15 is 0 Å². The molecule has 1 heterocycles. The van der Waals surface area contributed by atoms with Gasteiger partial charge in [0, 0.05) is 42.1 Å². The van der Waals surface area contributed by atoms with Gasteiger partial charge >= 0.3 is 5.97 Å². The SMILES string of the molecule is O=C(O)c1ccc(NS(=O)(=O)c2ccc(N(C(=S)N(c3nc4ccc([N+](=O)[O-])cc4s3)S(=O)(=O)c3ccc([N+](=O)[O-])cc3)S(=O)(=O)c3ccc([N+](=O)[O-])cc3)cc2)cc1. The molecule has 0 spiro atoms. The first kappa shape index (κ1) is 41.6. The van der Waals surface area contributed by atoms with Crippen molar-refractivity contribution in [3.8, 4) is 0 Å². The number of sulfonamides is 3. The van der Waals surface area contributed by atoms with Gasteiger partial charge in [-0.15, -0.1) is 0 Å². The zero-order valence-electron chi connectivity index (χ0n) is 28.9. The first-order valence-corrected chi connectivity index (χ1v) is 21.4. The summed E-state index contributed by atoms with van der Waals surface area (Å²) in [5.41, 5.74) is -2.02. The lowest BCUT2D eigenvalue weighted by Crippen LogP contribution is -2.49. The van der Waals surface area contributed by atoms with Crippen LogP contribution in [0.15, 0.2) is 130 Å². The molecule has 0 radical (unpaired) electrons. The zero-order valence-corrected chi connectivity index (χ0v) is 33.0. The summed E-state index contributed by atoms with van der Waals surface area (Å²) in [6, 6.07) is 18.6.